The minimum Gasteiger partial charge on any atom is -0.447 e. The van der Waals surface area contributed by atoms with Crippen molar-refractivity contribution in [2.75, 3.05) is 18.1 Å². The highest BCUT2D eigenvalue weighted by Crippen LogP contribution is 2.34. The van der Waals surface area contributed by atoms with Crippen LogP contribution < -0.4 is 4.90 Å². The average Bonchev–Trinajstić information content (AvgIpc) is 3.12. The summed E-state index contributed by atoms with van der Waals surface area (Å²) in [6.07, 6.45) is 5.65. The van der Waals surface area contributed by atoms with Gasteiger partial charge in [-0.05, 0) is 37.0 Å². The van der Waals surface area contributed by atoms with Crippen molar-refractivity contribution in [3.05, 3.63) is 29.6 Å². The molecular formula is C17H21FN2O2. The van der Waals surface area contributed by atoms with Gasteiger partial charge < -0.3 is 4.74 Å². The Hall–Kier alpha value is -1.62. The number of carbonyl (C=O) groups excluding carboxylic acids is 1. The van der Waals surface area contributed by atoms with E-state index in [0.717, 1.165) is 25.1 Å². The van der Waals surface area contributed by atoms with Gasteiger partial charge in [0.2, 0.25) is 0 Å². The van der Waals surface area contributed by atoms with E-state index in [4.69, 9.17) is 4.74 Å². The summed E-state index contributed by atoms with van der Waals surface area (Å²) in [6, 6.07) is 5.44. The number of carbonyl (C=O) groups is 1. The van der Waals surface area contributed by atoms with Gasteiger partial charge in [-0.1, -0.05) is 18.9 Å². The maximum absolute atomic E-state index is 13.7. The zero-order valence-corrected chi connectivity index (χ0v) is 12.6. The molecule has 1 atom stereocenters. The van der Waals surface area contributed by atoms with Crippen LogP contribution in [0.1, 0.15) is 37.7 Å². The first-order chi connectivity index (χ1) is 10.7. The fraction of sp³-hybridized carbons (Fsp3) is 0.588. The smallest absolute Gasteiger partial charge is 0.414 e. The SMILES string of the molecule is O=C1OC[C@@H]2CCN(C3CCCC3)Cc3ccc(F)cc3N12. The molecule has 4 rings (SSSR count). The van der Waals surface area contributed by atoms with E-state index in [9.17, 15) is 9.18 Å². The summed E-state index contributed by atoms with van der Waals surface area (Å²) in [5, 5.41) is 0. The lowest BCUT2D eigenvalue weighted by atomic mass is 10.0. The van der Waals surface area contributed by atoms with Crippen LogP contribution in [0.5, 0.6) is 0 Å². The van der Waals surface area contributed by atoms with Crippen LogP contribution in [0.4, 0.5) is 14.9 Å². The molecular weight excluding hydrogens is 283 g/mol. The summed E-state index contributed by atoms with van der Waals surface area (Å²) in [5.41, 5.74) is 1.71. The van der Waals surface area contributed by atoms with Gasteiger partial charge >= 0.3 is 6.09 Å². The van der Waals surface area contributed by atoms with Crippen LogP contribution in [0, 0.1) is 5.82 Å². The number of hydrogen-bond acceptors (Lipinski definition) is 3. The van der Waals surface area contributed by atoms with Crippen LogP contribution >= 0.6 is 0 Å². The highest BCUT2D eigenvalue weighted by Gasteiger charge is 2.38. The first-order valence-corrected chi connectivity index (χ1v) is 8.21. The molecule has 2 fully saturated rings. The van der Waals surface area contributed by atoms with E-state index in [-0.39, 0.29) is 18.0 Å². The average molecular weight is 304 g/mol. The minimum atomic E-state index is -0.342. The number of amides is 1. The second kappa shape index (κ2) is 5.54. The van der Waals surface area contributed by atoms with Gasteiger partial charge in [-0.25, -0.2) is 9.18 Å². The largest absolute Gasteiger partial charge is 0.447 e. The van der Waals surface area contributed by atoms with Gasteiger partial charge in [-0.15, -0.1) is 0 Å². The molecule has 0 radical (unpaired) electrons. The molecule has 0 unspecified atom stereocenters. The molecule has 2 aliphatic heterocycles. The van der Waals surface area contributed by atoms with E-state index in [0.29, 0.717) is 18.3 Å². The number of hydrogen-bond donors (Lipinski definition) is 0. The fourth-order valence-corrected chi connectivity index (χ4v) is 4.06. The highest BCUT2D eigenvalue weighted by molar-refractivity contribution is 5.91. The van der Waals surface area contributed by atoms with Crippen LogP contribution in [0.15, 0.2) is 18.2 Å². The number of halogens is 1. The van der Waals surface area contributed by atoms with Crippen LogP contribution in [-0.2, 0) is 11.3 Å². The predicted octanol–water partition coefficient (Wildman–Crippen LogP) is 3.30. The van der Waals surface area contributed by atoms with Gasteiger partial charge in [0.05, 0.1) is 11.7 Å². The normalized spacial score (nSPS) is 26.3. The number of ether oxygens (including phenoxy) is 1. The third-order valence-electron chi connectivity index (χ3n) is 5.23. The number of nitrogens with zero attached hydrogens (tertiary/aromatic N) is 2. The molecule has 1 aliphatic carbocycles. The molecule has 3 aliphatic rings. The van der Waals surface area contributed by atoms with Crippen molar-refractivity contribution < 1.29 is 13.9 Å². The van der Waals surface area contributed by atoms with Gasteiger partial charge in [0, 0.05) is 19.1 Å². The minimum absolute atomic E-state index is 0.0252. The summed E-state index contributed by atoms with van der Waals surface area (Å²) in [6.45, 7) is 2.17. The monoisotopic (exact) mass is 304 g/mol. The second-order valence-electron chi connectivity index (χ2n) is 6.57. The zero-order chi connectivity index (χ0) is 15.1. The van der Waals surface area contributed by atoms with Gasteiger partial charge in [0.25, 0.3) is 0 Å². The third-order valence-corrected chi connectivity index (χ3v) is 5.23. The van der Waals surface area contributed by atoms with Crippen molar-refractivity contribution >= 4 is 11.8 Å². The molecule has 0 aromatic heterocycles. The second-order valence-corrected chi connectivity index (χ2v) is 6.57. The van der Waals surface area contributed by atoms with Gasteiger partial charge in [-0.2, -0.15) is 0 Å². The van der Waals surface area contributed by atoms with Crippen molar-refractivity contribution in [2.45, 2.75) is 50.7 Å². The van der Waals surface area contributed by atoms with E-state index >= 15 is 0 Å². The molecule has 0 spiro atoms. The van der Waals surface area contributed by atoms with Gasteiger partial charge in [0.1, 0.15) is 12.4 Å². The molecule has 0 bridgehead atoms. The molecule has 5 heteroatoms. The first-order valence-electron chi connectivity index (χ1n) is 8.21. The maximum Gasteiger partial charge on any atom is 0.414 e. The van der Waals surface area contributed by atoms with E-state index in [1.807, 2.05) is 6.07 Å². The lowest BCUT2D eigenvalue weighted by Crippen LogP contribution is -2.42. The van der Waals surface area contributed by atoms with Crippen molar-refractivity contribution in [1.82, 2.24) is 4.90 Å². The first kappa shape index (κ1) is 14.0. The molecule has 1 saturated heterocycles. The summed E-state index contributed by atoms with van der Waals surface area (Å²) in [7, 11) is 0. The lowest BCUT2D eigenvalue weighted by Gasteiger charge is -2.35. The molecule has 1 aromatic rings. The molecule has 22 heavy (non-hydrogen) atoms. The van der Waals surface area contributed by atoms with E-state index in [2.05, 4.69) is 4.90 Å². The Labute approximate surface area is 129 Å². The Morgan fingerprint density at radius 3 is 2.77 bits per heavy atom. The molecule has 2 heterocycles. The van der Waals surface area contributed by atoms with Crippen molar-refractivity contribution in [2.24, 2.45) is 0 Å². The van der Waals surface area contributed by atoms with E-state index in [1.165, 1.54) is 37.8 Å². The fourth-order valence-electron chi connectivity index (χ4n) is 4.06. The molecule has 1 saturated carbocycles. The topological polar surface area (TPSA) is 32.8 Å². The quantitative estimate of drug-likeness (QED) is 0.798. The number of anilines is 1. The Bertz CT molecular complexity index is 586. The highest BCUT2D eigenvalue weighted by atomic mass is 19.1. The third kappa shape index (κ3) is 2.37. The summed E-state index contributed by atoms with van der Waals surface area (Å²) >= 11 is 0. The summed E-state index contributed by atoms with van der Waals surface area (Å²) in [4.78, 5) is 16.2. The molecule has 4 nitrogen and oxygen atoms in total. The van der Waals surface area contributed by atoms with Gasteiger partial charge in [0.15, 0.2) is 0 Å². The predicted molar refractivity (Wildman–Crippen MR) is 81.3 cm³/mol. The summed E-state index contributed by atoms with van der Waals surface area (Å²) in [5.74, 6) is -0.301. The maximum atomic E-state index is 13.7. The van der Waals surface area contributed by atoms with Crippen LogP contribution in [0.2, 0.25) is 0 Å². The summed E-state index contributed by atoms with van der Waals surface area (Å²) < 4.78 is 18.9. The molecule has 0 N–H and O–H groups in total. The Balaban J connectivity index is 1.71. The zero-order valence-electron chi connectivity index (χ0n) is 12.6. The Morgan fingerprint density at radius 1 is 1.14 bits per heavy atom. The van der Waals surface area contributed by atoms with Crippen LogP contribution in [-0.4, -0.2) is 36.2 Å². The standard InChI is InChI=1S/C17H21FN2O2/c18-13-6-5-12-10-19(14-3-1-2-4-14)8-7-15-11-22-17(21)20(15)16(12)9-13/h5-6,9,14-15H,1-4,7-8,10-11H2/t15-/m0/s1. The molecule has 118 valence electrons. The van der Waals surface area contributed by atoms with E-state index in [1.54, 1.807) is 4.90 Å². The number of fused-ring (bicyclic) bond motifs is 3. The van der Waals surface area contributed by atoms with Crippen molar-refractivity contribution in [1.29, 1.82) is 0 Å². The van der Waals surface area contributed by atoms with Gasteiger partial charge in [-0.3, -0.25) is 9.80 Å². The van der Waals surface area contributed by atoms with Crippen LogP contribution in [0.3, 0.4) is 0 Å². The lowest BCUT2D eigenvalue weighted by molar-refractivity contribution is 0.170. The van der Waals surface area contributed by atoms with Crippen molar-refractivity contribution in [3.63, 3.8) is 0 Å². The molecule has 1 aromatic carbocycles. The van der Waals surface area contributed by atoms with Crippen molar-refractivity contribution in [3.8, 4) is 0 Å². The number of cyclic esters (lactones) is 1. The number of benzene rings is 1. The number of rotatable bonds is 1. The Kier molecular flexibility index (Phi) is 3.53. The van der Waals surface area contributed by atoms with Crippen LogP contribution in [0.25, 0.3) is 0 Å². The van der Waals surface area contributed by atoms with E-state index < -0.39 is 0 Å². The molecule has 1 amide bonds. The Morgan fingerprint density at radius 2 is 1.95 bits per heavy atom.